The average molecular weight is 233 g/mol. The van der Waals surface area contributed by atoms with E-state index in [0.29, 0.717) is 18.5 Å². The third-order valence-corrected chi connectivity index (χ3v) is 2.52. The Labute approximate surface area is 100 Å². The maximum atomic E-state index is 11.5. The first-order valence-corrected chi connectivity index (χ1v) is 5.70. The number of hydrogen-bond acceptors (Lipinski definition) is 3. The highest BCUT2D eigenvalue weighted by Gasteiger charge is 2.30. The fourth-order valence-electron chi connectivity index (χ4n) is 1.81. The van der Waals surface area contributed by atoms with E-state index in [1.165, 1.54) is 4.90 Å². The van der Waals surface area contributed by atoms with Crippen LogP contribution in [0.1, 0.15) is 26.7 Å². The lowest BCUT2D eigenvalue weighted by molar-refractivity contribution is -0.121. The number of amides is 2. The summed E-state index contributed by atoms with van der Waals surface area (Å²) in [7, 11) is 0. The fourth-order valence-corrected chi connectivity index (χ4v) is 1.81. The number of imide groups is 1. The lowest BCUT2D eigenvalue weighted by Gasteiger charge is -2.15. The van der Waals surface area contributed by atoms with Crippen LogP contribution in [0.4, 0.5) is 5.69 Å². The molecule has 0 unspecified atom stereocenters. The van der Waals surface area contributed by atoms with Gasteiger partial charge in [-0.15, -0.1) is 0 Å². The zero-order chi connectivity index (χ0) is 12.4. The molecule has 17 heavy (non-hydrogen) atoms. The molecule has 4 nitrogen and oxygen atoms in total. The number of benzene rings is 1. The first-order valence-electron chi connectivity index (χ1n) is 5.70. The van der Waals surface area contributed by atoms with E-state index in [2.05, 4.69) is 0 Å². The van der Waals surface area contributed by atoms with E-state index >= 15 is 0 Å². The molecule has 1 heterocycles. The van der Waals surface area contributed by atoms with Crippen LogP contribution in [0, 0.1) is 0 Å². The van der Waals surface area contributed by atoms with Gasteiger partial charge in [0, 0.05) is 12.8 Å². The highest BCUT2D eigenvalue weighted by molar-refractivity contribution is 6.19. The van der Waals surface area contributed by atoms with Crippen molar-refractivity contribution in [1.82, 2.24) is 0 Å². The van der Waals surface area contributed by atoms with Gasteiger partial charge in [0.25, 0.3) is 0 Å². The van der Waals surface area contributed by atoms with Gasteiger partial charge in [0.15, 0.2) is 0 Å². The van der Waals surface area contributed by atoms with E-state index in [1.807, 2.05) is 13.8 Å². The van der Waals surface area contributed by atoms with Crippen LogP contribution < -0.4 is 9.64 Å². The second-order valence-corrected chi connectivity index (χ2v) is 4.28. The van der Waals surface area contributed by atoms with Gasteiger partial charge in [-0.25, -0.2) is 0 Å². The Morgan fingerprint density at radius 2 is 1.59 bits per heavy atom. The van der Waals surface area contributed by atoms with Crippen molar-refractivity contribution in [3.63, 3.8) is 0 Å². The highest BCUT2D eigenvalue weighted by Crippen LogP contribution is 2.25. The summed E-state index contributed by atoms with van der Waals surface area (Å²) in [6, 6.07) is 7.01. The summed E-state index contributed by atoms with van der Waals surface area (Å²) >= 11 is 0. The van der Waals surface area contributed by atoms with Crippen molar-refractivity contribution in [3.05, 3.63) is 24.3 Å². The minimum atomic E-state index is -0.132. The Kier molecular flexibility index (Phi) is 3.13. The van der Waals surface area contributed by atoms with Crippen LogP contribution in [0.3, 0.4) is 0 Å². The molecule has 90 valence electrons. The molecule has 4 heteroatoms. The molecule has 0 aliphatic carbocycles. The minimum absolute atomic E-state index is 0.107. The molecule has 1 aliphatic heterocycles. The fraction of sp³-hybridized carbons (Fsp3) is 0.385. The van der Waals surface area contributed by atoms with Crippen molar-refractivity contribution in [3.8, 4) is 5.75 Å². The SMILES string of the molecule is CC(C)Oc1ccc(N2C(=O)CCC2=O)cc1. The molecular formula is C13H15NO3. The zero-order valence-electron chi connectivity index (χ0n) is 9.97. The maximum Gasteiger partial charge on any atom is 0.234 e. The maximum absolute atomic E-state index is 11.5. The van der Waals surface area contributed by atoms with Gasteiger partial charge < -0.3 is 4.74 Å². The smallest absolute Gasteiger partial charge is 0.234 e. The van der Waals surface area contributed by atoms with Gasteiger partial charge in [-0.3, -0.25) is 14.5 Å². The Balaban J connectivity index is 2.17. The third kappa shape index (κ3) is 2.46. The van der Waals surface area contributed by atoms with E-state index in [9.17, 15) is 9.59 Å². The second-order valence-electron chi connectivity index (χ2n) is 4.28. The van der Waals surface area contributed by atoms with E-state index < -0.39 is 0 Å². The quantitative estimate of drug-likeness (QED) is 0.751. The van der Waals surface area contributed by atoms with E-state index in [1.54, 1.807) is 24.3 Å². The Bertz CT molecular complexity index is 420. The molecule has 2 amide bonds. The molecule has 0 aromatic heterocycles. The zero-order valence-corrected chi connectivity index (χ0v) is 9.97. The van der Waals surface area contributed by atoms with Crippen molar-refractivity contribution >= 4 is 17.5 Å². The molecule has 0 spiro atoms. The van der Waals surface area contributed by atoms with Crippen molar-refractivity contribution in [2.45, 2.75) is 32.8 Å². The van der Waals surface area contributed by atoms with Gasteiger partial charge in [0.1, 0.15) is 5.75 Å². The van der Waals surface area contributed by atoms with Crippen LogP contribution in [-0.4, -0.2) is 17.9 Å². The summed E-state index contributed by atoms with van der Waals surface area (Å²) in [4.78, 5) is 24.3. The molecule has 1 aromatic rings. The molecule has 0 bridgehead atoms. The van der Waals surface area contributed by atoms with Gasteiger partial charge in [-0.1, -0.05) is 0 Å². The number of ether oxygens (including phenoxy) is 1. The molecule has 1 aliphatic rings. The van der Waals surface area contributed by atoms with Gasteiger partial charge in [0.05, 0.1) is 11.8 Å². The summed E-state index contributed by atoms with van der Waals surface area (Å²) in [5, 5.41) is 0. The average Bonchev–Trinajstić information content (AvgIpc) is 2.59. The Hall–Kier alpha value is -1.84. The molecule has 1 fully saturated rings. The number of carbonyl (C=O) groups is 2. The van der Waals surface area contributed by atoms with E-state index in [0.717, 1.165) is 5.75 Å². The number of carbonyl (C=O) groups excluding carboxylic acids is 2. The van der Waals surface area contributed by atoms with Crippen LogP contribution in [0.25, 0.3) is 0 Å². The molecular weight excluding hydrogens is 218 g/mol. The van der Waals surface area contributed by atoms with Gasteiger partial charge >= 0.3 is 0 Å². The molecule has 0 atom stereocenters. The Morgan fingerprint density at radius 1 is 1.06 bits per heavy atom. The number of hydrogen-bond donors (Lipinski definition) is 0. The Morgan fingerprint density at radius 3 is 2.06 bits per heavy atom. The third-order valence-electron chi connectivity index (χ3n) is 2.52. The van der Waals surface area contributed by atoms with Crippen LogP contribution in [-0.2, 0) is 9.59 Å². The second kappa shape index (κ2) is 4.57. The van der Waals surface area contributed by atoms with Crippen molar-refractivity contribution < 1.29 is 14.3 Å². The van der Waals surface area contributed by atoms with Gasteiger partial charge in [-0.05, 0) is 38.1 Å². The molecule has 2 rings (SSSR count). The number of rotatable bonds is 3. The van der Waals surface area contributed by atoms with Crippen LogP contribution in [0.15, 0.2) is 24.3 Å². The number of anilines is 1. The normalized spacial score (nSPS) is 15.8. The summed E-state index contributed by atoms with van der Waals surface area (Å²) in [5.41, 5.74) is 0.619. The minimum Gasteiger partial charge on any atom is -0.491 e. The largest absolute Gasteiger partial charge is 0.491 e. The van der Waals surface area contributed by atoms with E-state index in [4.69, 9.17) is 4.74 Å². The molecule has 1 saturated heterocycles. The summed E-state index contributed by atoms with van der Waals surface area (Å²) in [6.07, 6.45) is 0.725. The molecule has 0 saturated carbocycles. The van der Waals surface area contributed by atoms with Crippen LogP contribution in [0.2, 0.25) is 0 Å². The topological polar surface area (TPSA) is 46.6 Å². The van der Waals surface area contributed by atoms with Crippen LogP contribution >= 0.6 is 0 Å². The first-order chi connectivity index (χ1) is 8.08. The summed E-state index contributed by atoms with van der Waals surface area (Å²) in [5.74, 6) is 0.475. The van der Waals surface area contributed by atoms with Gasteiger partial charge in [-0.2, -0.15) is 0 Å². The van der Waals surface area contributed by atoms with Gasteiger partial charge in [0.2, 0.25) is 11.8 Å². The van der Waals surface area contributed by atoms with Crippen molar-refractivity contribution in [2.75, 3.05) is 4.90 Å². The predicted octanol–water partition coefficient (Wildman–Crippen LogP) is 2.13. The first kappa shape index (κ1) is 11.6. The molecule has 1 aromatic carbocycles. The number of nitrogens with zero attached hydrogens (tertiary/aromatic N) is 1. The molecule has 0 radical (unpaired) electrons. The van der Waals surface area contributed by atoms with Crippen LogP contribution in [0.5, 0.6) is 5.75 Å². The van der Waals surface area contributed by atoms with E-state index in [-0.39, 0.29) is 17.9 Å². The highest BCUT2D eigenvalue weighted by atomic mass is 16.5. The lowest BCUT2D eigenvalue weighted by Crippen LogP contribution is -2.28. The van der Waals surface area contributed by atoms with Crippen molar-refractivity contribution in [2.24, 2.45) is 0 Å². The predicted molar refractivity (Wildman–Crippen MR) is 63.9 cm³/mol. The summed E-state index contributed by atoms with van der Waals surface area (Å²) < 4.78 is 5.50. The standard InChI is InChI=1S/C13H15NO3/c1-9(2)17-11-5-3-10(4-6-11)14-12(15)7-8-13(14)16/h3-6,9H,7-8H2,1-2H3. The lowest BCUT2D eigenvalue weighted by atomic mass is 10.2. The monoisotopic (exact) mass is 233 g/mol. The summed E-state index contributed by atoms with van der Waals surface area (Å²) in [6.45, 7) is 3.89. The molecule has 0 N–H and O–H groups in total. The van der Waals surface area contributed by atoms with Crippen molar-refractivity contribution in [1.29, 1.82) is 0 Å².